The van der Waals surface area contributed by atoms with Crippen molar-refractivity contribution in [3.8, 4) is 0 Å². The Labute approximate surface area is 111 Å². The molecule has 3 aliphatic carbocycles. The molecule has 3 aliphatic rings. The summed E-state index contributed by atoms with van der Waals surface area (Å²) in [5.41, 5.74) is 0.963. The summed E-state index contributed by atoms with van der Waals surface area (Å²) in [6, 6.07) is 0. The summed E-state index contributed by atoms with van der Waals surface area (Å²) in [6.07, 6.45) is 13.7. The van der Waals surface area contributed by atoms with E-state index in [0.717, 1.165) is 5.17 Å². The number of halogens is 1. The Morgan fingerprint density at radius 2 is 1.65 bits per heavy atom. The fourth-order valence-corrected chi connectivity index (χ4v) is 4.22. The average molecular weight is 256 g/mol. The molecule has 0 unspecified atom stereocenters. The third-order valence-corrected chi connectivity index (χ3v) is 5.92. The van der Waals surface area contributed by atoms with Crippen LogP contribution in [0.5, 0.6) is 0 Å². The second-order valence-electron chi connectivity index (χ2n) is 6.25. The molecule has 0 atom stereocenters. The fraction of sp³-hybridized carbons (Fsp3) is 0.933. The van der Waals surface area contributed by atoms with Gasteiger partial charge in [-0.25, -0.2) is 0 Å². The van der Waals surface area contributed by atoms with Gasteiger partial charge < -0.3 is 0 Å². The van der Waals surface area contributed by atoms with Crippen LogP contribution >= 0.6 is 11.6 Å². The van der Waals surface area contributed by atoms with Crippen LogP contribution in [0.1, 0.15) is 71.1 Å². The third-order valence-electron chi connectivity index (χ3n) is 5.35. The molecule has 1 nitrogen and oxygen atoms in total. The van der Waals surface area contributed by atoms with Crippen LogP contribution in [0.2, 0.25) is 0 Å². The highest BCUT2D eigenvalue weighted by Gasteiger charge is 2.49. The van der Waals surface area contributed by atoms with Gasteiger partial charge in [0, 0.05) is 12.5 Å². The molecule has 3 rings (SSSR count). The zero-order valence-corrected chi connectivity index (χ0v) is 12.2. The molecular formula is C15H26ClN. The molecule has 98 valence electrons. The molecular weight excluding hydrogens is 230 g/mol. The quantitative estimate of drug-likeness (QED) is 0.474. The maximum Gasteiger partial charge on any atom is 0.106 e. The summed E-state index contributed by atoms with van der Waals surface area (Å²) in [5.74, 6) is 0. The Morgan fingerprint density at radius 3 is 2.12 bits per heavy atom. The van der Waals surface area contributed by atoms with E-state index < -0.39 is 0 Å². The second kappa shape index (κ2) is 5.30. The van der Waals surface area contributed by atoms with Gasteiger partial charge in [0.1, 0.15) is 5.17 Å². The maximum absolute atomic E-state index is 6.35. The lowest BCUT2D eigenvalue weighted by atomic mass is 9.53. The summed E-state index contributed by atoms with van der Waals surface area (Å²) in [5, 5.41) is 0.902. The molecule has 17 heavy (non-hydrogen) atoms. The standard InChI is InChI=1S/C15H26ClN/c1-3-4-5-6-14-7-10-15(11-8-14,12-9-14)13(16)17-2/h3-12H2,1-2H3/b17-13+. The third kappa shape index (κ3) is 2.54. The first-order valence-electron chi connectivity index (χ1n) is 7.29. The molecule has 0 aromatic carbocycles. The Kier molecular flexibility index (Phi) is 4.18. The van der Waals surface area contributed by atoms with Crippen LogP contribution in [-0.2, 0) is 0 Å². The molecule has 2 bridgehead atoms. The summed E-state index contributed by atoms with van der Waals surface area (Å²) in [7, 11) is 1.84. The van der Waals surface area contributed by atoms with Crippen molar-refractivity contribution in [3.05, 3.63) is 0 Å². The van der Waals surface area contributed by atoms with E-state index in [0.29, 0.717) is 5.41 Å². The maximum atomic E-state index is 6.35. The Hall–Kier alpha value is -0.0400. The number of hydrogen-bond donors (Lipinski definition) is 0. The summed E-state index contributed by atoms with van der Waals surface area (Å²) < 4.78 is 0. The lowest BCUT2D eigenvalue weighted by Gasteiger charge is -2.53. The van der Waals surface area contributed by atoms with Crippen LogP contribution in [0.3, 0.4) is 0 Å². The largest absolute Gasteiger partial charge is 0.280 e. The van der Waals surface area contributed by atoms with Gasteiger partial charge in [-0.05, 0) is 50.4 Å². The van der Waals surface area contributed by atoms with E-state index in [4.69, 9.17) is 11.6 Å². The zero-order chi connectivity index (χ0) is 12.4. The Balaban J connectivity index is 1.95. The first-order valence-corrected chi connectivity index (χ1v) is 7.67. The van der Waals surface area contributed by atoms with Crippen molar-refractivity contribution in [1.29, 1.82) is 0 Å². The average Bonchev–Trinajstić information content (AvgIpc) is 2.40. The van der Waals surface area contributed by atoms with Crippen molar-refractivity contribution < 1.29 is 0 Å². The van der Waals surface area contributed by atoms with Crippen molar-refractivity contribution in [2.45, 2.75) is 71.1 Å². The molecule has 0 radical (unpaired) electrons. The smallest absolute Gasteiger partial charge is 0.106 e. The van der Waals surface area contributed by atoms with E-state index in [9.17, 15) is 0 Å². The first kappa shape index (κ1) is 13.4. The van der Waals surface area contributed by atoms with Crippen LogP contribution < -0.4 is 0 Å². The number of nitrogens with zero attached hydrogens (tertiary/aromatic N) is 1. The normalized spacial score (nSPS) is 37.5. The molecule has 0 saturated heterocycles. The van der Waals surface area contributed by atoms with Gasteiger partial charge in [-0.15, -0.1) is 0 Å². The molecule has 2 heteroatoms. The van der Waals surface area contributed by atoms with Crippen molar-refractivity contribution in [3.63, 3.8) is 0 Å². The number of fused-ring (bicyclic) bond motifs is 3. The van der Waals surface area contributed by atoms with Crippen LogP contribution in [0.25, 0.3) is 0 Å². The predicted molar refractivity (Wildman–Crippen MR) is 75.9 cm³/mol. The van der Waals surface area contributed by atoms with Gasteiger partial charge in [0.25, 0.3) is 0 Å². The predicted octanol–water partition coefficient (Wildman–Crippen LogP) is 5.17. The SMILES string of the molecule is CCCCCC12CCC(/C(Cl)=N\C)(CC1)CC2. The topological polar surface area (TPSA) is 12.4 Å². The number of aliphatic imine (C=N–C) groups is 1. The minimum Gasteiger partial charge on any atom is -0.280 e. The number of hydrogen-bond acceptors (Lipinski definition) is 1. The molecule has 0 spiro atoms. The van der Waals surface area contributed by atoms with E-state index >= 15 is 0 Å². The highest BCUT2D eigenvalue weighted by Crippen LogP contribution is 2.59. The van der Waals surface area contributed by atoms with E-state index in [1.165, 1.54) is 64.2 Å². The van der Waals surface area contributed by atoms with Gasteiger partial charge in [0.2, 0.25) is 0 Å². The van der Waals surface area contributed by atoms with E-state index in [2.05, 4.69) is 11.9 Å². The van der Waals surface area contributed by atoms with Gasteiger partial charge >= 0.3 is 0 Å². The molecule has 0 aromatic rings. The number of unbranched alkanes of at least 4 members (excludes halogenated alkanes) is 2. The highest BCUT2D eigenvalue weighted by molar-refractivity contribution is 6.66. The van der Waals surface area contributed by atoms with Gasteiger partial charge in [-0.3, -0.25) is 4.99 Å². The van der Waals surface area contributed by atoms with E-state index in [1.807, 2.05) is 7.05 Å². The molecule has 3 fully saturated rings. The van der Waals surface area contributed by atoms with Crippen molar-refractivity contribution in [2.24, 2.45) is 15.8 Å². The molecule has 0 heterocycles. The van der Waals surface area contributed by atoms with Gasteiger partial charge in [-0.2, -0.15) is 0 Å². The van der Waals surface area contributed by atoms with Crippen LogP contribution in [0.15, 0.2) is 4.99 Å². The molecule has 0 aliphatic heterocycles. The second-order valence-corrected chi connectivity index (χ2v) is 6.61. The van der Waals surface area contributed by atoms with E-state index in [-0.39, 0.29) is 5.41 Å². The minimum absolute atomic E-state index is 0.281. The Bertz CT molecular complexity index is 271. The highest BCUT2D eigenvalue weighted by atomic mass is 35.5. The van der Waals surface area contributed by atoms with Gasteiger partial charge in [0.15, 0.2) is 0 Å². The zero-order valence-electron chi connectivity index (χ0n) is 11.4. The van der Waals surface area contributed by atoms with Gasteiger partial charge in [0.05, 0.1) is 0 Å². The van der Waals surface area contributed by atoms with Crippen LogP contribution in [0.4, 0.5) is 0 Å². The summed E-state index contributed by atoms with van der Waals surface area (Å²) >= 11 is 6.35. The lowest BCUT2D eigenvalue weighted by molar-refractivity contribution is 0.0256. The van der Waals surface area contributed by atoms with Crippen LogP contribution in [0, 0.1) is 10.8 Å². The summed E-state index contributed by atoms with van der Waals surface area (Å²) in [4.78, 5) is 4.26. The van der Waals surface area contributed by atoms with Gasteiger partial charge in [-0.1, -0.05) is 37.8 Å². The molecule has 3 saturated carbocycles. The molecule has 0 amide bonds. The Morgan fingerprint density at radius 1 is 1.06 bits per heavy atom. The van der Waals surface area contributed by atoms with Crippen LogP contribution in [-0.4, -0.2) is 12.2 Å². The minimum atomic E-state index is 0.281. The monoisotopic (exact) mass is 255 g/mol. The van der Waals surface area contributed by atoms with Crippen molar-refractivity contribution in [2.75, 3.05) is 7.05 Å². The number of rotatable bonds is 5. The molecule has 0 N–H and O–H groups in total. The van der Waals surface area contributed by atoms with Crippen molar-refractivity contribution >= 4 is 16.8 Å². The van der Waals surface area contributed by atoms with E-state index in [1.54, 1.807) is 0 Å². The summed E-state index contributed by atoms with van der Waals surface area (Å²) in [6.45, 7) is 2.29. The lowest BCUT2D eigenvalue weighted by Crippen LogP contribution is -2.44. The van der Waals surface area contributed by atoms with Crippen molar-refractivity contribution in [1.82, 2.24) is 0 Å². The first-order chi connectivity index (χ1) is 8.16. The fourth-order valence-electron chi connectivity index (χ4n) is 3.93. The molecule has 0 aromatic heterocycles.